The predicted octanol–water partition coefficient (Wildman–Crippen LogP) is 3.30. The topological polar surface area (TPSA) is 90.0 Å². The van der Waals surface area contributed by atoms with E-state index in [1.807, 2.05) is 30.3 Å². The van der Waals surface area contributed by atoms with E-state index in [9.17, 15) is 18.0 Å². The van der Waals surface area contributed by atoms with Gasteiger partial charge in [0, 0.05) is 45.7 Å². The van der Waals surface area contributed by atoms with E-state index in [2.05, 4.69) is 10.2 Å². The summed E-state index contributed by atoms with van der Waals surface area (Å²) in [6.07, 6.45) is 2.26. The van der Waals surface area contributed by atoms with Crippen LogP contribution in [0.3, 0.4) is 0 Å². The molecular weight excluding hydrogens is 464 g/mol. The molecule has 2 aliphatic rings. The lowest BCUT2D eigenvalue weighted by Gasteiger charge is -2.24. The first kappa shape index (κ1) is 25.2. The minimum Gasteiger partial charge on any atom is -0.370 e. The summed E-state index contributed by atoms with van der Waals surface area (Å²) >= 11 is 0. The molecule has 0 bridgehead atoms. The summed E-state index contributed by atoms with van der Waals surface area (Å²) in [6, 6.07) is 14.7. The van der Waals surface area contributed by atoms with Crippen molar-refractivity contribution in [2.45, 2.75) is 44.6 Å². The molecule has 2 aromatic rings. The molecule has 2 aromatic carbocycles. The van der Waals surface area contributed by atoms with Crippen LogP contribution >= 0.6 is 0 Å². The van der Waals surface area contributed by atoms with E-state index in [0.717, 1.165) is 37.2 Å². The number of carbonyl (C=O) groups excluding carboxylic acids is 2. The van der Waals surface area contributed by atoms with Gasteiger partial charge in [-0.05, 0) is 36.6 Å². The molecule has 0 aliphatic carbocycles. The maximum absolute atomic E-state index is 13.3. The van der Waals surface area contributed by atoms with Gasteiger partial charge in [0.2, 0.25) is 21.8 Å². The number of anilines is 2. The number of nitrogens with one attached hydrogen (secondary N) is 1. The molecule has 2 aliphatic heterocycles. The molecular formula is C26H34N4O4S. The number of hydrogen-bond acceptors (Lipinski definition) is 5. The number of carbonyl (C=O) groups is 2. The third kappa shape index (κ3) is 5.51. The fraction of sp³-hybridized carbons (Fsp3) is 0.462. The first-order chi connectivity index (χ1) is 16.8. The van der Waals surface area contributed by atoms with Gasteiger partial charge in [0.15, 0.2) is 0 Å². The fourth-order valence-corrected chi connectivity index (χ4v) is 6.35. The minimum atomic E-state index is -3.67. The summed E-state index contributed by atoms with van der Waals surface area (Å²) < 4.78 is 27.7. The summed E-state index contributed by atoms with van der Waals surface area (Å²) in [7, 11) is -3.67. The molecule has 4 rings (SSSR count). The zero-order valence-corrected chi connectivity index (χ0v) is 21.3. The van der Waals surface area contributed by atoms with E-state index < -0.39 is 15.9 Å². The Hall–Kier alpha value is -2.91. The molecule has 0 radical (unpaired) electrons. The molecule has 2 fully saturated rings. The van der Waals surface area contributed by atoms with Crippen molar-refractivity contribution in [3.63, 3.8) is 0 Å². The van der Waals surface area contributed by atoms with Gasteiger partial charge in [0.05, 0.1) is 22.2 Å². The van der Waals surface area contributed by atoms with Crippen molar-refractivity contribution in [1.29, 1.82) is 0 Å². The van der Waals surface area contributed by atoms with Crippen LogP contribution in [0.5, 0.6) is 0 Å². The van der Waals surface area contributed by atoms with Crippen molar-refractivity contribution in [2.24, 2.45) is 5.92 Å². The Balaban J connectivity index is 1.55. The second-order valence-corrected chi connectivity index (χ2v) is 11.1. The number of benzene rings is 2. The highest BCUT2D eigenvalue weighted by Crippen LogP contribution is 2.33. The number of amides is 2. The van der Waals surface area contributed by atoms with E-state index in [4.69, 9.17) is 0 Å². The number of hydrogen-bond donors (Lipinski definition) is 1. The number of rotatable bonds is 9. The Bertz CT molecular complexity index is 1160. The van der Waals surface area contributed by atoms with Gasteiger partial charge in [0.1, 0.15) is 0 Å². The average molecular weight is 499 g/mol. The molecule has 2 heterocycles. The van der Waals surface area contributed by atoms with Crippen molar-refractivity contribution in [2.75, 3.05) is 42.9 Å². The molecule has 2 amide bonds. The highest BCUT2D eigenvalue weighted by atomic mass is 32.2. The van der Waals surface area contributed by atoms with Gasteiger partial charge in [-0.3, -0.25) is 9.59 Å². The van der Waals surface area contributed by atoms with E-state index in [1.54, 1.807) is 36.9 Å². The fourth-order valence-electron chi connectivity index (χ4n) is 4.86. The van der Waals surface area contributed by atoms with Crippen LogP contribution in [0, 0.1) is 5.92 Å². The molecule has 9 heteroatoms. The van der Waals surface area contributed by atoms with Gasteiger partial charge >= 0.3 is 0 Å². The number of sulfonamides is 1. The number of nitrogens with zero attached hydrogens (tertiary/aromatic N) is 3. The Morgan fingerprint density at radius 2 is 1.74 bits per heavy atom. The number of likely N-dealkylation sites (tertiary alicyclic amines) is 1. The third-order valence-electron chi connectivity index (χ3n) is 6.82. The normalized spacial score (nSPS) is 18.5. The van der Waals surface area contributed by atoms with Gasteiger partial charge in [0.25, 0.3) is 0 Å². The second-order valence-electron chi connectivity index (χ2n) is 9.11. The second kappa shape index (κ2) is 10.8. The lowest BCUT2D eigenvalue weighted by atomic mass is 10.1. The largest absolute Gasteiger partial charge is 0.370 e. The van der Waals surface area contributed by atoms with Crippen LogP contribution in [-0.4, -0.2) is 62.2 Å². The first-order valence-electron chi connectivity index (χ1n) is 12.3. The Morgan fingerprint density at radius 1 is 1.06 bits per heavy atom. The smallest absolute Gasteiger partial charge is 0.243 e. The van der Waals surface area contributed by atoms with E-state index >= 15 is 0 Å². The Kier molecular flexibility index (Phi) is 7.76. The van der Waals surface area contributed by atoms with Crippen molar-refractivity contribution in [3.05, 3.63) is 54.1 Å². The van der Waals surface area contributed by atoms with Crippen molar-refractivity contribution in [3.8, 4) is 0 Å². The van der Waals surface area contributed by atoms with Crippen LogP contribution in [0.15, 0.2) is 53.4 Å². The maximum Gasteiger partial charge on any atom is 0.243 e. The van der Waals surface area contributed by atoms with Crippen LogP contribution in [0.25, 0.3) is 0 Å². The van der Waals surface area contributed by atoms with Gasteiger partial charge < -0.3 is 15.1 Å². The lowest BCUT2D eigenvalue weighted by Crippen LogP contribution is -2.31. The van der Waals surface area contributed by atoms with E-state index in [1.165, 1.54) is 4.31 Å². The lowest BCUT2D eigenvalue weighted by molar-refractivity contribution is -0.128. The van der Waals surface area contributed by atoms with Crippen LogP contribution in [-0.2, 0) is 26.2 Å². The molecule has 1 atom stereocenters. The Morgan fingerprint density at radius 3 is 2.40 bits per heavy atom. The van der Waals surface area contributed by atoms with Crippen LogP contribution < -0.4 is 10.2 Å². The van der Waals surface area contributed by atoms with Gasteiger partial charge in [-0.15, -0.1) is 0 Å². The standard InChI is InChI=1S/C26H34N4O4S/c1-3-30(4-2)35(33,34)22-12-13-24(28-14-8-9-15-28)23(17-22)27-26(32)21-16-25(31)29(19-21)18-20-10-6-5-7-11-20/h5-7,10-13,17,21H,3-4,8-9,14-16,18-19H2,1-2H3,(H,27,32). The molecule has 8 nitrogen and oxygen atoms in total. The first-order valence-corrected chi connectivity index (χ1v) is 13.8. The van der Waals surface area contributed by atoms with Crippen molar-refractivity contribution in [1.82, 2.24) is 9.21 Å². The Labute approximate surface area is 207 Å². The van der Waals surface area contributed by atoms with Crippen LogP contribution in [0.1, 0.15) is 38.7 Å². The quantitative estimate of drug-likeness (QED) is 0.573. The summed E-state index contributed by atoms with van der Waals surface area (Å²) in [5, 5.41) is 2.98. The predicted molar refractivity (Wildman–Crippen MR) is 137 cm³/mol. The maximum atomic E-state index is 13.3. The molecule has 1 N–H and O–H groups in total. The highest BCUT2D eigenvalue weighted by Gasteiger charge is 2.35. The third-order valence-corrected chi connectivity index (χ3v) is 8.86. The zero-order valence-electron chi connectivity index (χ0n) is 20.4. The summed E-state index contributed by atoms with van der Waals surface area (Å²) in [4.78, 5) is 29.9. The summed E-state index contributed by atoms with van der Waals surface area (Å²) in [6.45, 7) is 6.89. The molecule has 35 heavy (non-hydrogen) atoms. The zero-order chi connectivity index (χ0) is 25.0. The molecule has 188 valence electrons. The summed E-state index contributed by atoms with van der Waals surface area (Å²) in [5.41, 5.74) is 2.33. The van der Waals surface area contributed by atoms with Gasteiger partial charge in [-0.1, -0.05) is 44.2 Å². The van der Waals surface area contributed by atoms with Crippen LogP contribution in [0.4, 0.5) is 11.4 Å². The molecule has 1 unspecified atom stereocenters. The van der Waals surface area contributed by atoms with Crippen molar-refractivity contribution >= 4 is 33.2 Å². The molecule has 0 spiro atoms. The van der Waals surface area contributed by atoms with Gasteiger partial charge in [-0.25, -0.2) is 8.42 Å². The van der Waals surface area contributed by atoms with E-state index in [0.29, 0.717) is 31.9 Å². The molecule has 2 saturated heterocycles. The average Bonchev–Trinajstić information content (AvgIpc) is 3.51. The summed E-state index contributed by atoms with van der Waals surface area (Å²) in [5.74, 6) is -0.793. The van der Waals surface area contributed by atoms with Crippen LogP contribution in [0.2, 0.25) is 0 Å². The van der Waals surface area contributed by atoms with Crippen molar-refractivity contribution < 1.29 is 18.0 Å². The monoisotopic (exact) mass is 498 g/mol. The molecule has 0 aromatic heterocycles. The SMILES string of the molecule is CCN(CC)S(=O)(=O)c1ccc(N2CCCC2)c(NC(=O)C2CC(=O)N(Cc3ccccc3)C2)c1. The minimum absolute atomic E-state index is 0.0494. The molecule has 0 saturated carbocycles. The van der Waals surface area contributed by atoms with E-state index in [-0.39, 0.29) is 23.1 Å². The van der Waals surface area contributed by atoms with Gasteiger partial charge in [-0.2, -0.15) is 4.31 Å². The highest BCUT2D eigenvalue weighted by molar-refractivity contribution is 7.89.